The van der Waals surface area contributed by atoms with Crippen LogP contribution in [0.1, 0.15) is 92.7 Å². The molecule has 0 aliphatic rings. The lowest BCUT2D eigenvalue weighted by molar-refractivity contribution is -0.680. The smallest absolute Gasteiger partial charge is 0.258 e. The van der Waals surface area contributed by atoms with E-state index in [2.05, 4.69) is 6.92 Å². The van der Waals surface area contributed by atoms with Gasteiger partial charge in [-0.05, 0) is 36.2 Å². The van der Waals surface area contributed by atoms with Crippen LogP contribution < -0.4 is 18.8 Å². The van der Waals surface area contributed by atoms with Crippen LogP contribution in [0.15, 0.2) is 66.9 Å². The van der Waals surface area contributed by atoms with Crippen LogP contribution in [0.25, 0.3) is 0 Å². The molecule has 3 rings (SSSR count). The van der Waals surface area contributed by atoms with Crippen LogP contribution in [0.5, 0.6) is 17.2 Å². The molecule has 0 saturated heterocycles. The predicted molar refractivity (Wildman–Crippen MR) is 165 cm³/mol. The number of amides is 1. The highest BCUT2D eigenvalue weighted by molar-refractivity contribution is 5.96. The van der Waals surface area contributed by atoms with Crippen LogP contribution in [0.3, 0.4) is 0 Å². The minimum atomic E-state index is -0.0912. The van der Waals surface area contributed by atoms with E-state index in [4.69, 9.17) is 14.2 Å². The first-order valence-electron chi connectivity index (χ1n) is 15.2. The Morgan fingerprint density at radius 3 is 2.07 bits per heavy atom. The highest BCUT2D eigenvalue weighted by atomic mass is 16.5. The van der Waals surface area contributed by atoms with Gasteiger partial charge in [-0.3, -0.25) is 4.79 Å². The molecule has 0 aliphatic carbocycles. The van der Waals surface area contributed by atoms with Gasteiger partial charge >= 0.3 is 0 Å². The fraction of sp³-hybridized carbons (Fsp3) is 0.486. The zero-order chi connectivity index (χ0) is 29.3. The summed E-state index contributed by atoms with van der Waals surface area (Å²) >= 11 is 0. The number of carbonyl (C=O) groups excluding carboxylic acids is 1. The van der Waals surface area contributed by atoms with Gasteiger partial charge in [-0.25, -0.2) is 4.57 Å². The van der Waals surface area contributed by atoms with Gasteiger partial charge in [0, 0.05) is 18.7 Å². The van der Waals surface area contributed by atoms with E-state index in [9.17, 15) is 4.79 Å². The fourth-order valence-electron chi connectivity index (χ4n) is 5.03. The quantitative estimate of drug-likeness (QED) is 0.111. The number of aromatic nitrogens is 1. The third-order valence-electron chi connectivity index (χ3n) is 7.50. The second-order valence-electron chi connectivity index (χ2n) is 10.7. The topological polar surface area (TPSA) is 51.9 Å². The molecule has 3 aromatic rings. The van der Waals surface area contributed by atoms with Gasteiger partial charge in [0.05, 0.1) is 26.4 Å². The van der Waals surface area contributed by atoms with Gasteiger partial charge in [0.25, 0.3) is 5.91 Å². The Morgan fingerprint density at radius 2 is 1.39 bits per heavy atom. The number of carbonyl (C=O) groups is 1. The van der Waals surface area contributed by atoms with Gasteiger partial charge in [0.1, 0.15) is 19.3 Å². The summed E-state index contributed by atoms with van der Waals surface area (Å²) in [5, 5.41) is 0. The van der Waals surface area contributed by atoms with Gasteiger partial charge in [0.2, 0.25) is 5.69 Å². The number of rotatable bonds is 19. The molecule has 1 heterocycles. The molecule has 0 bridgehead atoms. The first kappa shape index (κ1) is 32.0. The normalized spacial score (nSPS) is 10.8. The maximum Gasteiger partial charge on any atom is 0.258 e. The van der Waals surface area contributed by atoms with E-state index in [1.807, 2.05) is 83.4 Å². The van der Waals surface area contributed by atoms with Crippen molar-refractivity contribution < 1.29 is 23.6 Å². The van der Waals surface area contributed by atoms with Gasteiger partial charge in [0.15, 0.2) is 17.7 Å². The van der Waals surface area contributed by atoms with E-state index in [-0.39, 0.29) is 5.91 Å². The minimum absolute atomic E-state index is 0.0912. The first-order chi connectivity index (χ1) is 20.1. The number of para-hydroxylation sites is 1. The SMILES string of the molecule is CCCCCCCCCCCCOc1ccc(CN(Cc2cccc[n+]2C)C(=O)c2ccccc2OC)cc1OC. The molecule has 0 atom stereocenters. The number of aryl methyl sites for hydroxylation is 1. The van der Waals surface area contributed by atoms with Crippen molar-refractivity contribution in [1.29, 1.82) is 0 Å². The van der Waals surface area contributed by atoms with E-state index in [1.165, 1.54) is 57.8 Å². The lowest BCUT2D eigenvalue weighted by atomic mass is 10.1. The van der Waals surface area contributed by atoms with Crippen LogP contribution in [0.2, 0.25) is 0 Å². The summed E-state index contributed by atoms with van der Waals surface area (Å²) in [7, 11) is 5.24. The van der Waals surface area contributed by atoms with Crippen molar-refractivity contribution in [1.82, 2.24) is 4.90 Å². The number of ether oxygens (including phenoxy) is 3. The molecule has 41 heavy (non-hydrogen) atoms. The summed E-state index contributed by atoms with van der Waals surface area (Å²) in [6, 6.07) is 19.3. The molecule has 0 aliphatic heterocycles. The molecular weight excluding hydrogens is 512 g/mol. The maximum atomic E-state index is 13.8. The average molecular weight is 562 g/mol. The number of hydrogen-bond acceptors (Lipinski definition) is 4. The van der Waals surface area contributed by atoms with Crippen molar-refractivity contribution in [2.75, 3.05) is 20.8 Å². The van der Waals surface area contributed by atoms with Crippen molar-refractivity contribution in [2.24, 2.45) is 7.05 Å². The second-order valence-corrected chi connectivity index (χ2v) is 10.7. The molecule has 2 aromatic carbocycles. The molecule has 0 radical (unpaired) electrons. The monoisotopic (exact) mass is 561 g/mol. The van der Waals surface area contributed by atoms with E-state index in [0.717, 1.165) is 23.4 Å². The van der Waals surface area contributed by atoms with Crippen LogP contribution in [0.4, 0.5) is 0 Å². The Labute approximate surface area is 247 Å². The Kier molecular flexibility index (Phi) is 14.0. The summed E-state index contributed by atoms with van der Waals surface area (Å²) < 4.78 is 19.3. The van der Waals surface area contributed by atoms with Gasteiger partial charge in [-0.15, -0.1) is 0 Å². The first-order valence-corrected chi connectivity index (χ1v) is 15.2. The predicted octanol–water partition coefficient (Wildman–Crippen LogP) is 7.67. The number of methoxy groups -OCH3 is 2. The van der Waals surface area contributed by atoms with E-state index in [0.29, 0.717) is 36.8 Å². The molecular formula is C35H49N2O4+. The minimum Gasteiger partial charge on any atom is -0.496 e. The summed E-state index contributed by atoms with van der Waals surface area (Å²) in [4.78, 5) is 15.6. The Morgan fingerprint density at radius 1 is 0.732 bits per heavy atom. The molecule has 0 spiro atoms. The number of pyridine rings is 1. The second kappa shape index (κ2) is 18.0. The standard InChI is InChI=1S/C35H49N2O4/c1-5-6-7-8-9-10-11-12-13-18-25-41-33-23-22-29(26-34(33)40-4)27-37(28-30-19-16-17-24-36(30)2)35(38)31-20-14-15-21-32(31)39-3/h14-17,19-24,26H,5-13,18,25,27-28H2,1-4H3/q+1. The van der Waals surface area contributed by atoms with E-state index >= 15 is 0 Å². The van der Waals surface area contributed by atoms with Gasteiger partial charge in [-0.1, -0.05) is 89.0 Å². The van der Waals surface area contributed by atoms with E-state index < -0.39 is 0 Å². The lowest BCUT2D eigenvalue weighted by Crippen LogP contribution is -2.39. The van der Waals surface area contributed by atoms with Crippen molar-refractivity contribution in [2.45, 2.75) is 84.2 Å². The zero-order valence-corrected chi connectivity index (χ0v) is 25.6. The Balaban J connectivity index is 1.60. The summed E-state index contributed by atoms with van der Waals surface area (Å²) in [5.41, 5.74) is 2.53. The number of unbranched alkanes of at least 4 members (excludes halogenated alkanes) is 9. The molecule has 1 aromatic heterocycles. The largest absolute Gasteiger partial charge is 0.496 e. The fourth-order valence-corrected chi connectivity index (χ4v) is 5.03. The Bertz CT molecular complexity index is 1200. The Hall–Kier alpha value is -3.54. The summed E-state index contributed by atoms with van der Waals surface area (Å²) in [6.45, 7) is 3.81. The maximum absolute atomic E-state index is 13.8. The zero-order valence-electron chi connectivity index (χ0n) is 25.6. The van der Waals surface area contributed by atoms with Gasteiger partial charge < -0.3 is 19.1 Å². The third kappa shape index (κ3) is 10.4. The van der Waals surface area contributed by atoms with Crippen molar-refractivity contribution in [3.63, 3.8) is 0 Å². The van der Waals surface area contributed by atoms with Gasteiger partial charge in [-0.2, -0.15) is 0 Å². The molecule has 6 heteroatoms. The molecule has 0 fully saturated rings. The highest BCUT2D eigenvalue weighted by Crippen LogP contribution is 2.30. The third-order valence-corrected chi connectivity index (χ3v) is 7.50. The van der Waals surface area contributed by atoms with E-state index in [1.54, 1.807) is 14.2 Å². The van der Waals surface area contributed by atoms with Crippen molar-refractivity contribution in [3.8, 4) is 17.2 Å². The summed E-state index contributed by atoms with van der Waals surface area (Å²) in [6.07, 6.45) is 14.9. The van der Waals surface area contributed by atoms with Crippen molar-refractivity contribution in [3.05, 3.63) is 83.7 Å². The number of nitrogens with zero attached hydrogens (tertiary/aromatic N) is 2. The molecule has 0 N–H and O–H groups in total. The average Bonchev–Trinajstić information content (AvgIpc) is 3.00. The number of benzene rings is 2. The van der Waals surface area contributed by atoms with Crippen LogP contribution in [-0.2, 0) is 20.1 Å². The van der Waals surface area contributed by atoms with Crippen LogP contribution in [-0.4, -0.2) is 31.6 Å². The molecule has 1 amide bonds. The molecule has 0 unspecified atom stereocenters. The molecule has 222 valence electrons. The number of hydrogen-bond donors (Lipinski definition) is 0. The molecule has 6 nitrogen and oxygen atoms in total. The van der Waals surface area contributed by atoms with Crippen LogP contribution in [0, 0.1) is 0 Å². The highest BCUT2D eigenvalue weighted by Gasteiger charge is 2.23. The van der Waals surface area contributed by atoms with Crippen LogP contribution >= 0.6 is 0 Å². The summed E-state index contributed by atoms with van der Waals surface area (Å²) in [5.74, 6) is 1.90. The molecule has 0 saturated carbocycles. The van der Waals surface area contributed by atoms with Crippen molar-refractivity contribution >= 4 is 5.91 Å². The lowest BCUT2D eigenvalue weighted by Gasteiger charge is -2.23.